The minimum atomic E-state index is -4.30. The summed E-state index contributed by atoms with van der Waals surface area (Å²) < 4.78 is 70.8. The Morgan fingerprint density at radius 2 is 0.957 bits per heavy atom. The smallest absolute Gasteiger partial charge is 0.343 e. The number of rotatable bonds is 12. The van der Waals surface area contributed by atoms with Gasteiger partial charge in [0.25, 0.3) is 0 Å². The summed E-state index contributed by atoms with van der Waals surface area (Å²) in [4.78, 5) is 26.0. The summed E-state index contributed by atoms with van der Waals surface area (Å²) >= 11 is 0. The Hall–Kier alpha value is -5.43. The van der Waals surface area contributed by atoms with E-state index < -0.39 is 26.7 Å². The first-order valence-corrected chi connectivity index (χ1v) is 15.0. The fourth-order valence-electron chi connectivity index (χ4n) is 4.41. The number of methoxy groups -OCH3 is 6. The highest BCUT2D eigenvalue weighted by Gasteiger charge is 2.27. The zero-order valence-electron chi connectivity index (χ0n) is 26.2. The minimum Gasteiger partial charge on any atom is -0.493 e. The van der Waals surface area contributed by atoms with Crippen LogP contribution in [-0.2, 0) is 9.84 Å². The van der Waals surface area contributed by atoms with E-state index in [0.717, 1.165) is 11.6 Å². The largest absolute Gasteiger partial charge is 0.493 e. The molecule has 13 heteroatoms. The predicted molar refractivity (Wildman–Crippen MR) is 165 cm³/mol. The molecule has 0 heterocycles. The van der Waals surface area contributed by atoms with Crippen LogP contribution in [0.1, 0.15) is 26.3 Å². The van der Waals surface area contributed by atoms with Gasteiger partial charge in [-0.2, -0.15) is 0 Å². The van der Waals surface area contributed by atoms with Gasteiger partial charge in [-0.25, -0.2) is 18.0 Å². The summed E-state index contributed by atoms with van der Waals surface area (Å²) in [5, 5.41) is 0. The normalized spacial score (nSPS) is 10.8. The van der Waals surface area contributed by atoms with E-state index in [4.69, 9.17) is 37.9 Å². The molecule has 12 nitrogen and oxygen atoms in total. The van der Waals surface area contributed by atoms with Crippen LogP contribution in [-0.4, -0.2) is 63.0 Å². The van der Waals surface area contributed by atoms with Gasteiger partial charge in [0.1, 0.15) is 10.6 Å². The van der Waals surface area contributed by atoms with Crippen LogP contribution in [0.2, 0.25) is 0 Å². The number of carbonyl (C=O) groups is 2. The van der Waals surface area contributed by atoms with Crippen molar-refractivity contribution < 1.29 is 55.9 Å². The fourth-order valence-corrected chi connectivity index (χ4v) is 5.81. The van der Waals surface area contributed by atoms with E-state index in [1.54, 1.807) is 12.1 Å². The zero-order chi connectivity index (χ0) is 33.6. The summed E-state index contributed by atoms with van der Waals surface area (Å²) in [5.74, 6) is -0.888. The number of sulfone groups is 1. The highest BCUT2D eigenvalue weighted by molar-refractivity contribution is 7.91. The maximum atomic E-state index is 13.9. The number of benzene rings is 4. The van der Waals surface area contributed by atoms with Crippen LogP contribution in [0.4, 0.5) is 0 Å². The summed E-state index contributed by atoms with van der Waals surface area (Å²) in [6.45, 7) is 1.81. The van der Waals surface area contributed by atoms with Crippen molar-refractivity contribution in [1.29, 1.82) is 0 Å². The molecular weight excluding hydrogens is 620 g/mol. The molecule has 0 spiro atoms. The van der Waals surface area contributed by atoms with E-state index in [1.165, 1.54) is 91.2 Å². The third-order valence-corrected chi connectivity index (χ3v) is 8.54. The van der Waals surface area contributed by atoms with Crippen molar-refractivity contribution in [2.45, 2.75) is 16.7 Å². The molecule has 0 amide bonds. The van der Waals surface area contributed by atoms with Crippen molar-refractivity contribution in [1.82, 2.24) is 0 Å². The van der Waals surface area contributed by atoms with Crippen molar-refractivity contribution in [3.8, 4) is 46.0 Å². The highest BCUT2D eigenvalue weighted by Crippen LogP contribution is 2.40. The van der Waals surface area contributed by atoms with E-state index in [9.17, 15) is 18.0 Å². The number of hydrogen-bond acceptors (Lipinski definition) is 12. The average molecular weight is 653 g/mol. The monoisotopic (exact) mass is 652 g/mol. The lowest BCUT2D eigenvalue weighted by atomic mass is 10.2. The molecule has 0 N–H and O–H groups in total. The second-order valence-corrected chi connectivity index (χ2v) is 11.5. The predicted octanol–water partition coefficient (Wildman–Crippen LogP) is 5.32. The molecule has 4 aromatic rings. The Morgan fingerprint density at radius 1 is 0.522 bits per heavy atom. The molecule has 0 aliphatic carbocycles. The van der Waals surface area contributed by atoms with Gasteiger partial charge in [-0.15, -0.1) is 0 Å². The maximum Gasteiger partial charge on any atom is 0.343 e. The van der Waals surface area contributed by atoms with Gasteiger partial charge >= 0.3 is 11.9 Å². The van der Waals surface area contributed by atoms with Gasteiger partial charge in [0.2, 0.25) is 21.3 Å². The molecule has 0 radical (unpaired) electrons. The molecule has 0 bridgehead atoms. The molecule has 0 aromatic heterocycles. The summed E-state index contributed by atoms with van der Waals surface area (Å²) in [7, 11) is 4.10. The standard InChI is InChI=1S/C33H32O12S/c1-19-8-11-23(12-9-19)46(36,37)29-18-22(44-32(34)20-14-25(38-2)30(42-6)26(15-20)39-3)10-13-24(29)45-33(35)21-16-27(40-4)31(43-7)28(17-21)41-5/h8-18H,1-7H3. The molecule has 0 atom stereocenters. The quantitative estimate of drug-likeness (QED) is 0.144. The van der Waals surface area contributed by atoms with Crippen molar-refractivity contribution in [3.63, 3.8) is 0 Å². The highest BCUT2D eigenvalue weighted by atomic mass is 32.2. The van der Waals surface area contributed by atoms with E-state index in [-0.39, 0.29) is 62.0 Å². The Bertz CT molecular complexity index is 1810. The molecule has 0 aliphatic heterocycles. The first-order valence-electron chi connectivity index (χ1n) is 13.5. The number of esters is 2. The zero-order valence-corrected chi connectivity index (χ0v) is 27.0. The van der Waals surface area contributed by atoms with Gasteiger partial charge in [0.15, 0.2) is 28.7 Å². The van der Waals surface area contributed by atoms with Crippen LogP contribution in [0, 0.1) is 6.92 Å². The Labute approximate surface area is 266 Å². The van der Waals surface area contributed by atoms with Crippen LogP contribution in [0.5, 0.6) is 46.0 Å². The molecule has 4 aromatic carbocycles. The van der Waals surface area contributed by atoms with Crippen LogP contribution >= 0.6 is 0 Å². The Kier molecular flexibility index (Phi) is 10.3. The number of aryl methyl sites for hydroxylation is 1. The summed E-state index contributed by atoms with van der Waals surface area (Å²) in [5.41, 5.74) is 0.863. The summed E-state index contributed by atoms with van der Waals surface area (Å²) in [6, 6.07) is 15.2. The van der Waals surface area contributed by atoms with E-state index >= 15 is 0 Å². The second kappa shape index (κ2) is 14.1. The molecule has 4 rings (SSSR count). The molecule has 0 unspecified atom stereocenters. The summed E-state index contributed by atoms with van der Waals surface area (Å²) in [6.07, 6.45) is 0. The molecule has 242 valence electrons. The van der Waals surface area contributed by atoms with Gasteiger partial charge in [-0.1, -0.05) is 17.7 Å². The van der Waals surface area contributed by atoms with E-state index in [1.807, 2.05) is 6.92 Å². The van der Waals surface area contributed by atoms with Gasteiger partial charge in [0, 0.05) is 6.07 Å². The van der Waals surface area contributed by atoms with Crippen molar-refractivity contribution >= 4 is 21.8 Å². The third kappa shape index (κ3) is 6.79. The minimum absolute atomic E-state index is 0.00825. The van der Waals surface area contributed by atoms with E-state index in [0.29, 0.717) is 0 Å². The van der Waals surface area contributed by atoms with Gasteiger partial charge in [0.05, 0.1) is 58.7 Å². The second-order valence-electron chi connectivity index (χ2n) is 9.53. The molecule has 46 heavy (non-hydrogen) atoms. The Balaban J connectivity index is 1.77. The number of ether oxygens (including phenoxy) is 8. The van der Waals surface area contributed by atoms with Crippen LogP contribution in [0.25, 0.3) is 0 Å². The van der Waals surface area contributed by atoms with Gasteiger partial charge in [-0.3, -0.25) is 0 Å². The fraction of sp³-hybridized carbons (Fsp3) is 0.212. The van der Waals surface area contributed by atoms with Crippen molar-refractivity contribution in [3.05, 3.63) is 83.4 Å². The Morgan fingerprint density at radius 3 is 1.37 bits per heavy atom. The molecule has 0 aliphatic rings. The van der Waals surface area contributed by atoms with E-state index in [2.05, 4.69) is 0 Å². The van der Waals surface area contributed by atoms with Gasteiger partial charge in [-0.05, 0) is 55.5 Å². The van der Waals surface area contributed by atoms with Crippen LogP contribution < -0.4 is 37.9 Å². The SMILES string of the molecule is COc1cc(C(=O)Oc2ccc(OC(=O)c3cc(OC)c(OC)c(OC)c3)c(S(=O)(=O)c3ccc(C)cc3)c2)cc(OC)c1OC. The third-order valence-electron chi connectivity index (χ3n) is 6.75. The lowest BCUT2D eigenvalue weighted by Gasteiger charge is -2.16. The van der Waals surface area contributed by atoms with Crippen molar-refractivity contribution in [2.24, 2.45) is 0 Å². The lowest BCUT2D eigenvalue weighted by Crippen LogP contribution is -2.14. The number of hydrogen-bond donors (Lipinski definition) is 0. The van der Waals surface area contributed by atoms with Crippen LogP contribution in [0.15, 0.2) is 76.5 Å². The topological polar surface area (TPSA) is 142 Å². The number of carbonyl (C=O) groups excluding carboxylic acids is 2. The van der Waals surface area contributed by atoms with Gasteiger partial charge < -0.3 is 37.9 Å². The van der Waals surface area contributed by atoms with Crippen LogP contribution in [0.3, 0.4) is 0 Å². The lowest BCUT2D eigenvalue weighted by molar-refractivity contribution is 0.0714. The molecule has 0 saturated heterocycles. The van der Waals surface area contributed by atoms with Crippen molar-refractivity contribution in [2.75, 3.05) is 42.7 Å². The molecular formula is C33H32O12S. The molecule has 0 fully saturated rings. The first-order chi connectivity index (χ1) is 22.0. The molecule has 0 saturated carbocycles. The first kappa shape index (κ1) is 33.5. The maximum absolute atomic E-state index is 13.9. The average Bonchev–Trinajstić information content (AvgIpc) is 3.07.